The van der Waals surface area contributed by atoms with Gasteiger partial charge in [-0.15, -0.1) is 0 Å². The van der Waals surface area contributed by atoms with Crippen molar-refractivity contribution in [1.82, 2.24) is 20.1 Å². The van der Waals surface area contributed by atoms with E-state index >= 15 is 0 Å². The monoisotopic (exact) mass is 520 g/mol. The van der Waals surface area contributed by atoms with E-state index in [9.17, 15) is 18.0 Å². The number of pyridine rings is 1. The molecule has 38 heavy (non-hydrogen) atoms. The number of nitrogens with one attached hydrogen (secondary N) is 1. The fourth-order valence-electron chi connectivity index (χ4n) is 4.90. The predicted molar refractivity (Wildman–Crippen MR) is 141 cm³/mol. The van der Waals surface area contributed by atoms with Gasteiger partial charge in [0.1, 0.15) is 6.54 Å². The van der Waals surface area contributed by atoms with E-state index in [-0.39, 0.29) is 18.5 Å². The van der Waals surface area contributed by atoms with Crippen molar-refractivity contribution < 1.29 is 18.0 Å². The van der Waals surface area contributed by atoms with Crippen LogP contribution in [0, 0.1) is 6.92 Å². The minimum atomic E-state index is -4.58. The number of hydrogen-bond acceptors (Lipinski definition) is 3. The average Bonchev–Trinajstić information content (AvgIpc) is 3.27. The molecule has 1 N–H and O–H groups in total. The molecule has 8 heteroatoms. The number of benzene rings is 2. The van der Waals surface area contributed by atoms with Gasteiger partial charge >= 0.3 is 6.18 Å². The maximum atomic E-state index is 13.6. The number of carbonyl (C=O) groups excluding carboxylic acids is 1. The zero-order valence-electron chi connectivity index (χ0n) is 21.7. The number of hydrogen-bond donors (Lipinski definition) is 1. The smallest absolute Gasteiger partial charge is 0.346 e. The summed E-state index contributed by atoms with van der Waals surface area (Å²) in [5.74, 6) is -0.430. The maximum absolute atomic E-state index is 13.6. The van der Waals surface area contributed by atoms with Crippen LogP contribution >= 0.6 is 0 Å². The van der Waals surface area contributed by atoms with Crippen LogP contribution in [0.25, 0.3) is 11.1 Å². The van der Waals surface area contributed by atoms with Gasteiger partial charge in [-0.25, -0.2) is 0 Å². The molecular formula is C30H31F3N4O. The molecule has 0 radical (unpaired) electrons. The fourth-order valence-corrected chi connectivity index (χ4v) is 4.90. The third-order valence-corrected chi connectivity index (χ3v) is 6.64. The van der Waals surface area contributed by atoms with Crippen LogP contribution in [0.15, 0.2) is 72.9 Å². The zero-order valence-corrected chi connectivity index (χ0v) is 21.7. The van der Waals surface area contributed by atoms with E-state index in [1.54, 1.807) is 20.0 Å². The van der Waals surface area contributed by atoms with Crippen molar-refractivity contribution in [2.75, 3.05) is 0 Å². The van der Waals surface area contributed by atoms with Crippen LogP contribution < -0.4 is 5.32 Å². The largest absolute Gasteiger partial charge is 0.435 e. The molecule has 4 rings (SSSR count). The molecule has 2 aromatic carbocycles. The van der Waals surface area contributed by atoms with Gasteiger partial charge in [0.2, 0.25) is 5.91 Å². The Kier molecular flexibility index (Phi) is 8.29. The van der Waals surface area contributed by atoms with Crippen molar-refractivity contribution in [2.45, 2.75) is 58.8 Å². The van der Waals surface area contributed by atoms with Crippen molar-refractivity contribution in [3.8, 4) is 11.1 Å². The van der Waals surface area contributed by atoms with E-state index in [0.29, 0.717) is 24.2 Å². The molecule has 0 saturated carbocycles. The summed E-state index contributed by atoms with van der Waals surface area (Å²) in [6.45, 7) is 5.14. The number of halogens is 3. The van der Waals surface area contributed by atoms with Gasteiger partial charge in [-0.05, 0) is 48.9 Å². The zero-order chi connectivity index (χ0) is 27.3. The van der Waals surface area contributed by atoms with Crippen LogP contribution in [0.5, 0.6) is 0 Å². The highest BCUT2D eigenvalue weighted by molar-refractivity contribution is 5.77. The molecule has 0 fully saturated rings. The average molecular weight is 521 g/mol. The molecular weight excluding hydrogens is 489 g/mol. The second-order valence-electron chi connectivity index (χ2n) is 9.20. The fraction of sp³-hybridized carbons (Fsp3) is 0.300. The normalized spacial score (nSPS) is 12.4. The molecule has 4 aromatic rings. The van der Waals surface area contributed by atoms with E-state index in [1.807, 2.05) is 73.7 Å². The second kappa shape index (κ2) is 11.6. The Bertz CT molecular complexity index is 1400. The van der Waals surface area contributed by atoms with E-state index in [1.165, 1.54) is 4.68 Å². The molecule has 5 nitrogen and oxygen atoms in total. The summed E-state index contributed by atoms with van der Waals surface area (Å²) >= 11 is 0. The summed E-state index contributed by atoms with van der Waals surface area (Å²) in [5, 5.41) is 6.87. The molecule has 1 unspecified atom stereocenters. The summed E-state index contributed by atoms with van der Waals surface area (Å²) in [6.07, 6.45) is -1.90. The topological polar surface area (TPSA) is 59.8 Å². The number of aryl methyl sites for hydroxylation is 1. The third kappa shape index (κ3) is 5.96. The Labute approximate surface area is 220 Å². The molecule has 0 aliphatic heterocycles. The number of amides is 1. The van der Waals surface area contributed by atoms with E-state index < -0.39 is 23.8 Å². The lowest BCUT2D eigenvalue weighted by atomic mass is 9.93. The van der Waals surface area contributed by atoms with Crippen LogP contribution in [0.2, 0.25) is 0 Å². The Balaban J connectivity index is 1.70. The van der Waals surface area contributed by atoms with Gasteiger partial charge in [-0.3, -0.25) is 14.5 Å². The van der Waals surface area contributed by atoms with Crippen molar-refractivity contribution in [2.24, 2.45) is 0 Å². The molecule has 0 aliphatic carbocycles. The summed E-state index contributed by atoms with van der Waals surface area (Å²) in [7, 11) is 0. The van der Waals surface area contributed by atoms with E-state index in [2.05, 4.69) is 15.4 Å². The van der Waals surface area contributed by atoms with Gasteiger partial charge in [0.25, 0.3) is 0 Å². The van der Waals surface area contributed by atoms with Gasteiger partial charge in [-0.2, -0.15) is 18.3 Å². The third-order valence-electron chi connectivity index (χ3n) is 6.64. The summed E-state index contributed by atoms with van der Waals surface area (Å²) in [4.78, 5) is 18.0. The molecule has 0 aliphatic rings. The van der Waals surface area contributed by atoms with Crippen molar-refractivity contribution >= 4 is 5.91 Å². The number of alkyl halides is 3. The van der Waals surface area contributed by atoms with Gasteiger partial charge < -0.3 is 5.32 Å². The highest BCUT2D eigenvalue weighted by atomic mass is 19.4. The van der Waals surface area contributed by atoms with Crippen LogP contribution in [-0.4, -0.2) is 20.7 Å². The Morgan fingerprint density at radius 2 is 1.63 bits per heavy atom. The van der Waals surface area contributed by atoms with Gasteiger partial charge in [-0.1, -0.05) is 74.5 Å². The molecule has 1 atom stereocenters. The highest BCUT2D eigenvalue weighted by Crippen LogP contribution is 2.34. The lowest BCUT2D eigenvalue weighted by molar-refractivity contribution is -0.142. The molecule has 1 amide bonds. The molecule has 2 heterocycles. The first kappa shape index (κ1) is 27.1. The van der Waals surface area contributed by atoms with Crippen LogP contribution in [0.3, 0.4) is 0 Å². The quantitative estimate of drug-likeness (QED) is 0.274. The Morgan fingerprint density at radius 3 is 2.29 bits per heavy atom. The molecule has 0 spiro atoms. The molecule has 0 bridgehead atoms. The number of nitrogens with zero attached hydrogens (tertiary/aromatic N) is 3. The first-order valence-electron chi connectivity index (χ1n) is 12.7. The second-order valence-corrected chi connectivity index (χ2v) is 9.20. The van der Waals surface area contributed by atoms with Gasteiger partial charge in [0.05, 0.1) is 11.7 Å². The highest BCUT2D eigenvalue weighted by Gasteiger charge is 2.38. The summed E-state index contributed by atoms with van der Waals surface area (Å²) in [6, 6.07) is 21.0. The Morgan fingerprint density at radius 1 is 0.947 bits per heavy atom. The van der Waals surface area contributed by atoms with Gasteiger partial charge in [0.15, 0.2) is 5.69 Å². The molecule has 2 aromatic heterocycles. The summed E-state index contributed by atoms with van der Waals surface area (Å²) in [5.41, 5.74) is 4.31. The first-order chi connectivity index (χ1) is 18.2. The first-order valence-corrected chi connectivity index (χ1v) is 12.7. The van der Waals surface area contributed by atoms with Crippen molar-refractivity contribution in [3.63, 3.8) is 0 Å². The van der Waals surface area contributed by atoms with E-state index in [0.717, 1.165) is 22.3 Å². The standard InChI is InChI=1S/C30H31F3N4O/c1-4-22-26(5-2)37(36-29(22)30(31,32)33)19-27(38)35-25(18-21-13-7-6-8-14-21)28-24(16-11-17-34-28)23-15-10-9-12-20(23)3/h6-17,25H,4-5,18-19H2,1-3H3,(H,35,38). The maximum Gasteiger partial charge on any atom is 0.435 e. The van der Waals surface area contributed by atoms with Crippen molar-refractivity contribution in [1.29, 1.82) is 0 Å². The van der Waals surface area contributed by atoms with Gasteiger partial charge in [0, 0.05) is 23.0 Å². The predicted octanol–water partition coefficient (Wildman–Crippen LogP) is 6.50. The lowest BCUT2D eigenvalue weighted by Gasteiger charge is -2.22. The Hall–Kier alpha value is -3.94. The summed E-state index contributed by atoms with van der Waals surface area (Å²) < 4.78 is 42.1. The van der Waals surface area contributed by atoms with Crippen LogP contribution in [0.4, 0.5) is 13.2 Å². The minimum absolute atomic E-state index is 0.139. The molecule has 198 valence electrons. The minimum Gasteiger partial charge on any atom is -0.346 e. The number of aromatic nitrogens is 3. The lowest BCUT2D eigenvalue weighted by Crippen LogP contribution is -2.34. The number of carbonyl (C=O) groups is 1. The van der Waals surface area contributed by atoms with Crippen molar-refractivity contribution in [3.05, 3.63) is 107 Å². The SMILES string of the molecule is CCc1c(C(F)(F)F)nn(CC(=O)NC(Cc2ccccc2)c2ncccc2-c2ccccc2C)c1CC. The van der Waals surface area contributed by atoms with Crippen LogP contribution in [-0.2, 0) is 36.8 Å². The number of rotatable bonds is 9. The molecule has 0 saturated heterocycles. The van der Waals surface area contributed by atoms with Crippen LogP contribution in [0.1, 0.15) is 53.7 Å². The van der Waals surface area contributed by atoms with E-state index in [4.69, 9.17) is 0 Å².